The zero-order chi connectivity index (χ0) is 11.3. The first kappa shape index (κ1) is 11.8. The Bertz CT molecular complexity index is 342. The molecule has 0 aromatic heterocycles. The van der Waals surface area contributed by atoms with E-state index in [0.717, 1.165) is 31.2 Å². The number of carboxylic acid groups (broad SMARTS) is 1. The minimum absolute atomic E-state index is 0.459. The Morgan fingerprint density at radius 1 is 1.33 bits per heavy atom. The highest BCUT2D eigenvalue weighted by molar-refractivity contribution is 5.89. The molecule has 82 valence electrons. The lowest BCUT2D eigenvalue weighted by Crippen LogP contribution is -2.03. The van der Waals surface area contributed by atoms with Crippen molar-refractivity contribution in [2.45, 2.75) is 39.5 Å². The minimum Gasteiger partial charge on any atom is -0.478 e. The maximum Gasteiger partial charge on any atom is 0.335 e. The topological polar surface area (TPSA) is 37.3 Å². The molecule has 0 aliphatic carbocycles. The number of benzene rings is 1. The first-order valence-electron chi connectivity index (χ1n) is 5.54. The molecule has 0 fully saturated rings. The summed E-state index contributed by atoms with van der Waals surface area (Å²) in [5.41, 5.74) is 2.65. The van der Waals surface area contributed by atoms with Crippen LogP contribution in [0.3, 0.4) is 0 Å². The van der Waals surface area contributed by atoms with Gasteiger partial charge in [0.1, 0.15) is 0 Å². The molecule has 15 heavy (non-hydrogen) atoms. The van der Waals surface area contributed by atoms with Gasteiger partial charge in [0.05, 0.1) is 5.56 Å². The van der Waals surface area contributed by atoms with Crippen LogP contribution in [0.1, 0.15) is 48.2 Å². The first-order chi connectivity index (χ1) is 7.19. The van der Waals surface area contributed by atoms with E-state index in [-0.39, 0.29) is 0 Å². The summed E-state index contributed by atoms with van der Waals surface area (Å²) in [6, 6.07) is 5.66. The van der Waals surface area contributed by atoms with E-state index in [0.29, 0.717) is 5.56 Å². The molecule has 0 heterocycles. The van der Waals surface area contributed by atoms with Crippen LogP contribution in [-0.4, -0.2) is 11.1 Å². The summed E-state index contributed by atoms with van der Waals surface area (Å²) in [5, 5.41) is 9.03. The van der Waals surface area contributed by atoms with E-state index in [9.17, 15) is 4.79 Å². The molecule has 1 rings (SSSR count). The SMILES string of the molecule is CCCCc1cc(CC)ccc1C(=O)O. The van der Waals surface area contributed by atoms with Gasteiger partial charge in [-0.15, -0.1) is 0 Å². The van der Waals surface area contributed by atoms with Crippen LogP contribution >= 0.6 is 0 Å². The number of carboxylic acids is 1. The molecule has 0 bridgehead atoms. The Labute approximate surface area is 90.9 Å². The van der Waals surface area contributed by atoms with Crippen LogP contribution in [-0.2, 0) is 12.8 Å². The highest BCUT2D eigenvalue weighted by atomic mass is 16.4. The van der Waals surface area contributed by atoms with Gasteiger partial charge in [-0.05, 0) is 36.5 Å². The Kier molecular flexibility index (Phi) is 4.35. The van der Waals surface area contributed by atoms with Crippen LogP contribution in [0.2, 0.25) is 0 Å². The first-order valence-corrected chi connectivity index (χ1v) is 5.54. The van der Waals surface area contributed by atoms with Crippen molar-refractivity contribution in [3.8, 4) is 0 Å². The third kappa shape index (κ3) is 3.08. The molecule has 0 spiro atoms. The van der Waals surface area contributed by atoms with Crippen LogP contribution in [0, 0.1) is 0 Å². The lowest BCUT2D eigenvalue weighted by molar-refractivity contribution is 0.0695. The highest BCUT2D eigenvalue weighted by Gasteiger charge is 2.09. The molecule has 1 aromatic carbocycles. The van der Waals surface area contributed by atoms with Gasteiger partial charge in [0.25, 0.3) is 0 Å². The van der Waals surface area contributed by atoms with Gasteiger partial charge in [-0.25, -0.2) is 4.79 Å². The molecule has 2 heteroatoms. The van der Waals surface area contributed by atoms with Gasteiger partial charge in [-0.3, -0.25) is 0 Å². The number of unbranched alkanes of at least 4 members (excludes halogenated alkanes) is 1. The predicted molar refractivity (Wildman–Crippen MR) is 61.4 cm³/mol. The number of rotatable bonds is 5. The van der Waals surface area contributed by atoms with Crippen molar-refractivity contribution in [2.75, 3.05) is 0 Å². The molecule has 1 aromatic rings. The number of aromatic carboxylic acids is 1. The summed E-state index contributed by atoms with van der Waals surface area (Å²) in [6.45, 7) is 4.20. The zero-order valence-electron chi connectivity index (χ0n) is 9.42. The Morgan fingerprint density at radius 2 is 2.07 bits per heavy atom. The third-order valence-electron chi connectivity index (χ3n) is 2.61. The van der Waals surface area contributed by atoms with E-state index in [1.54, 1.807) is 6.07 Å². The molecule has 0 amide bonds. The molecule has 0 unspecified atom stereocenters. The Balaban J connectivity index is 2.99. The van der Waals surface area contributed by atoms with Gasteiger partial charge in [0.15, 0.2) is 0 Å². The molecule has 0 atom stereocenters. The standard InChI is InChI=1S/C13H18O2/c1-3-5-6-11-9-10(4-2)7-8-12(11)13(14)15/h7-9H,3-6H2,1-2H3,(H,14,15). The van der Waals surface area contributed by atoms with Gasteiger partial charge in [0, 0.05) is 0 Å². The molecule has 1 N–H and O–H groups in total. The fourth-order valence-corrected chi connectivity index (χ4v) is 1.65. The molecule has 0 saturated heterocycles. The maximum atomic E-state index is 11.0. The summed E-state index contributed by atoms with van der Waals surface area (Å²) < 4.78 is 0. The third-order valence-corrected chi connectivity index (χ3v) is 2.61. The highest BCUT2D eigenvalue weighted by Crippen LogP contribution is 2.15. The fraction of sp³-hybridized carbons (Fsp3) is 0.462. The van der Waals surface area contributed by atoms with Crippen LogP contribution in [0.4, 0.5) is 0 Å². The van der Waals surface area contributed by atoms with Crippen molar-refractivity contribution < 1.29 is 9.90 Å². The van der Waals surface area contributed by atoms with Gasteiger partial charge in [0.2, 0.25) is 0 Å². The summed E-state index contributed by atoms with van der Waals surface area (Å²) >= 11 is 0. The van der Waals surface area contributed by atoms with E-state index in [4.69, 9.17) is 5.11 Å². The second kappa shape index (κ2) is 5.54. The lowest BCUT2D eigenvalue weighted by Gasteiger charge is -2.07. The van der Waals surface area contributed by atoms with Crippen LogP contribution in [0.25, 0.3) is 0 Å². The van der Waals surface area contributed by atoms with Crippen LogP contribution < -0.4 is 0 Å². The number of aryl methyl sites for hydroxylation is 2. The minimum atomic E-state index is -0.816. The van der Waals surface area contributed by atoms with Crippen LogP contribution in [0.15, 0.2) is 18.2 Å². The van der Waals surface area contributed by atoms with Gasteiger partial charge < -0.3 is 5.11 Å². The summed E-state index contributed by atoms with van der Waals surface area (Å²) in [4.78, 5) is 11.0. The average Bonchev–Trinajstić information content (AvgIpc) is 2.25. The normalized spacial score (nSPS) is 10.3. The van der Waals surface area contributed by atoms with Crippen molar-refractivity contribution in [3.63, 3.8) is 0 Å². The van der Waals surface area contributed by atoms with Crippen LogP contribution in [0.5, 0.6) is 0 Å². The maximum absolute atomic E-state index is 11.0. The van der Waals surface area contributed by atoms with Crippen molar-refractivity contribution in [2.24, 2.45) is 0 Å². The van der Waals surface area contributed by atoms with Crippen molar-refractivity contribution in [3.05, 3.63) is 34.9 Å². The molecular weight excluding hydrogens is 188 g/mol. The Hall–Kier alpha value is -1.31. The number of carbonyl (C=O) groups is 1. The summed E-state index contributed by atoms with van der Waals surface area (Å²) in [6.07, 6.45) is 3.97. The van der Waals surface area contributed by atoms with Gasteiger partial charge >= 0.3 is 5.97 Å². The van der Waals surface area contributed by atoms with Crippen molar-refractivity contribution in [1.82, 2.24) is 0 Å². The zero-order valence-corrected chi connectivity index (χ0v) is 9.42. The molecular formula is C13H18O2. The average molecular weight is 206 g/mol. The van der Waals surface area contributed by atoms with Gasteiger partial charge in [-0.2, -0.15) is 0 Å². The van der Waals surface area contributed by atoms with Crippen molar-refractivity contribution >= 4 is 5.97 Å². The Morgan fingerprint density at radius 3 is 2.60 bits per heavy atom. The largest absolute Gasteiger partial charge is 0.478 e. The molecule has 0 aliphatic heterocycles. The molecule has 2 nitrogen and oxygen atoms in total. The predicted octanol–water partition coefficient (Wildman–Crippen LogP) is 3.29. The summed E-state index contributed by atoms with van der Waals surface area (Å²) in [5.74, 6) is -0.816. The monoisotopic (exact) mass is 206 g/mol. The second-order valence-electron chi connectivity index (χ2n) is 3.75. The lowest BCUT2D eigenvalue weighted by atomic mass is 9.98. The smallest absolute Gasteiger partial charge is 0.335 e. The van der Waals surface area contributed by atoms with E-state index in [2.05, 4.69) is 13.8 Å². The summed E-state index contributed by atoms with van der Waals surface area (Å²) in [7, 11) is 0. The molecule has 0 radical (unpaired) electrons. The van der Waals surface area contributed by atoms with E-state index < -0.39 is 5.97 Å². The van der Waals surface area contributed by atoms with E-state index >= 15 is 0 Å². The van der Waals surface area contributed by atoms with Crippen molar-refractivity contribution in [1.29, 1.82) is 0 Å². The van der Waals surface area contributed by atoms with E-state index in [1.807, 2.05) is 12.1 Å². The fourth-order valence-electron chi connectivity index (χ4n) is 1.65. The quantitative estimate of drug-likeness (QED) is 0.802. The number of hydrogen-bond acceptors (Lipinski definition) is 1. The molecule has 0 saturated carbocycles. The van der Waals surface area contributed by atoms with Gasteiger partial charge in [-0.1, -0.05) is 32.4 Å². The number of hydrogen-bond donors (Lipinski definition) is 1. The van der Waals surface area contributed by atoms with E-state index in [1.165, 1.54) is 5.56 Å². The second-order valence-corrected chi connectivity index (χ2v) is 3.75. The molecule has 0 aliphatic rings.